The van der Waals surface area contributed by atoms with Crippen molar-refractivity contribution >= 4 is 11.7 Å². The zero-order valence-corrected chi connectivity index (χ0v) is 9.94. The van der Waals surface area contributed by atoms with Crippen LogP contribution in [0.25, 0.3) is 0 Å². The number of ether oxygens (including phenoxy) is 3. The second-order valence-electron chi connectivity index (χ2n) is 3.87. The molecule has 1 saturated heterocycles. The van der Waals surface area contributed by atoms with Gasteiger partial charge in [0.25, 0.3) is 0 Å². The number of carbonyl (C=O) groups is 1. The van der Waals surface area contributed by atoms with Gasteiger partial charge in [0.2, 0.25) is 0 Å². The van der Waals surface area contributed by atoms with E-state index in [4.69, 9.17) is 19.9 Å². The monoisotopic (exact) mass is 255 g/mol. The maximum Gasteiger partial charge on any atom is 0.340 e. The third kappa shape index (κ3) is 2.53. The predicted molar refractivity (Wildman–Crippen MR) is 62.0 cm³/mol. The zero-order chi connectivity index (χ0) is 13.1. The quantitative estimate of drug-likeness (QED) is 0.649. The van der Waals surface area contributed by atoms with E-state index in [-0.39, 0.29) is 29.7 Å². The molecule has 6 heteroatoms. The van der Waals surface area contributed by atoms with Gasteiger partial charge < -0.3 is 19.9 Å². The summed E-state index contributed by atoms with van der Waals surface area (Å²) in [5.41, 5.74) is 5.71. The highest BCUT2D eigenvalue weighted by atomic mass is 19.1. The van der Waals surface area contributed by atoms with Gasteiger partial charge >= 0.3 is 5.97 Å². The number of benzene rings is 1. The average molecular weight is 255 g/mol. The van der Waals surface area contributed by atoms with Crippen molar-refractivity contribution in [1.82, 2.24) is 0 Å². The molecule has 0 radical (unpaired) electrons. The Bertz CT molecular complexity index is 460. The van der Waals surface area contributed by atoms with Crippen molar-refractivity contribution in [3.8, 4) is 5.75 Å². The molecule has 0 atom stereocenters. The van der Waals surface area contributed by atoms with Gasteiger partial charge in [-0.25, -0.2) is 9.18 Å². The summed E-state index contributed by atoms with van der Waals surface area (Å²) in [7, 11) is 0. The minimum absolute atomic E-state index is 0.0134. The van der Waals surface area contributed by atoms with Crippen molar-refractivity contribution in [3.05, 3.63) is 23.5 Å². The van der Waals surface area contributed by atoms with Crippen molar-refractivity contribution in [1.29, 1.82) is 0 Å². The summed E-state index contributed by atoms with van der Waals surface area (Å²) in [5, 5.41) is 0. The highest BCUT2D eigenvalue weighted by molar-refractivity contribution is 5.95. The van der Waals surface area contributed by atoms with Crippen LogP contribution in [0.3, 0.4) is 0 Å². The van der Waals surface area contributed by atoms with Crippen LogP contribution < -0.4 is 10.5 Å². The van der Waals surface area contributed by atoms with E-state index in [0.29, 0.717) is 13.2 Å². The van der Waals surface area contributed by atoms with Gasteiger partial charge in [0.15, 0.2) is 11.6 Å². The lowest BCUT2D eigenvalue weighted by Gasteiger charge is -2.27. The number of nitrogens with two attached hydrogens (primary N) is 1. The summed E-state index contributed by atoms with van der Waals surface area (Å²) in [5.74, 6) is -1.21. The molecule has 1 aromatic rings. The van der Waals surface area contributed by atoms with Gasteiger partial charge in [0, 0.05) is 11.8 Å². The largest absolute Gasteiger partial charge is 0.482 e. The Kier molecular flexibility index (Phi) is 3.66. The molecule has 0 bridgehead atoms. The molecule has 18 heavy (non-hydrogen) atoms. The second kappa shape index (κ2) is 5.22. The fourth-order valence-electron chi connectivity index (χ4n) is 1.51. The SMILES string of the molecule is CCOC(=O)c1cc(OC2COC2)c(F)cc1N. The van der Waals surface area contributed by atoms with Crippen LogP contribution in [-0.2, 0) is 9.47 Å². The van der Waals surface area contributed by atoms with Crippen molar-refractivity contribution in [2.45, 2.75) is 13.0 Å². The Balaban J connectivity index is 2.23. The first-order chi connectivity index (χ1) is 8.61. The molecule has 1 heterocycles. The van der Waals surface area contributed by atoms with E-state index in [0.717, 1.165) is 6.07 Å². The fourth-order valence-corrected chi connectivity index (χ4v) is 1.51. The molecule has 2 N–H and O–H groups in total. The lowest BCUT2D eigenvalue weighted by Crippen LogP contribution is -2.38. The van der Waals surface area contributed by atoms with Crippen LogP contribution in [0.5, 0.6) is 5.75 Å². The highest BCUT2D eigenvalue weighted by Gasteiger charge is 2.23. The highest BCUT2D eigenvalue weighted by Crippen LogP contribution is 2.26. The lowest BCUT2D eigenvalue weighted by atomic mass is 10.1. The van der Waals surface area contributed by atoms with Gasteiger partial charge in [-0.1, -0.05) is 0 Å². The van der Waals surface area contributed by atoms with Crippen molar-refractivity contribution in [2.24, 2.45) is 0 Å². The lowest BCUT2D eigenvalue weighted by molar-refractivity contribution is -0.0809. The molecule has 0 unspecified atom stereocenters. The maximum absolute atomic E-state index is 13.6. The Labute approximate surface area is 104 Å². The van der Waals surface area contributed by atoms with Gasteiger partial charge in [0.05, 0.1) is 25.4 Å². The summed E-state index contributed by atoms with van der Waals surface area (Å²) in [6.45, 7) is 2.74. The van der Waals surface area contributed by atoms with Crippen LogP contribution >= 0.6 is 0 Å². The van der Waals surface area contributed by atoms with Crippen LogP contribution in [0.4, 0.5) is 10.1 Å². The molecule has 0 aliphatic carbocycles. The Morgan fingerprint density at radius 3 is 2.83 bits per heavy atom. The summed E-state index contributed by atoms with van der Waals surface area (Å²) in [4.78, 5) is 11.6. The van der Waals surface area contributed by atoms with Crippen LogP contribution in [0.2, 0.25) is 0 Å². The van der Waals surface area contributed by atoms with Gasteiger partial charge in [-0.2, -0.15) is 0 Å². The number of rotatable bonds is 4. The van der Waals surface area contributed by atoms with E-state index in [1.165, 1.54) is 6.07 Å². The van der Waals surface area contributed by atoms with E-state index < -0.39 is 11.8 Å². The number of esters is 1. The van der Waals surface area contributed by atoms with Crippen molar-refractivity contribution < 1.29 is 23.4 Å². The van der Waals surface area contributed by atoms with E-state index >= 15 is 0 Å². The van der Waals surface area contributed by atoms with E-state index in [2.05, 4.69) is 0 Å². The number of hydrogen-bond donors (Lipinski definition) is 1. The molecular formula is C12H14FNO4. The van der Waals surface area contributed by atoms with Gasteiger partial charge in [-0.3, -0.25) is 0 Å². The first kappa shape index (κ1) is 12.6. The van der Waals surface area contributed by atoms with E-state index in [1.807, 2.05) is 0 Å². The molecular weight excluding hydrogens is 241 g/mol. The summed E-state index contributed by atoms with van der Waals surface area (Å²) in [6, 6.07) is 2.32. The Morgan fingerprint density at radius 2 is 2.28 bits per heavy atom. The number of nitrogen functional groups attached to an aromatic ring is 1. The first-order valence-electron chi connectivity index (χ1n) is 5.62. The predicted octanol–water partition coefficient (Wildman–Crippen LogP) is 1.36. The Hall–Kier alpha value is -1.82. The molecule has 1 aliphatic rings. The molecule has 1 aromatic carbocycles. The zero-order valence-electron chi connectivity index (χ0n) is 9.94. The minimum atomic E-state index is -0.604. The standard InChI is InChI=1S/C12H14FNO4/c1-2-17-12(15)8-3-11(9(13)4-10(8)14)18-7-5-16-6-7/h3-4,7H,2,5-6,14H2,1H3. The average Bonchev–Trinajstić information content (AvgIpc) is 2.25. The molecule has 0 saturated carbocycles. The van der Waals surface area contributed by atoms with E-state index in [1.54, 1.807) is 6.92 Å². The summed E-state index contributed by atoms with van der Waals surface area (Å²) >= 11 is 0. The van der Waals surface area contributed by atoms with Crippen LogP contribution in [0.1, 0.15) is 17.3 Å². The molecule has 0 aromatic heterocycles. The molecule has 0 amide bonds. The molecule has 1 aliphatic heterocycles. The molecule has 98 valence electrons. The van der Waals surface area contributed by atoms with Crippen LogP contribution in [0, 0.1) is 5.82 Å². The van der Waals surface area contributed by atoms with E-state index in [9.17, 15) is 9.18 Å². The topological polar surface area (TPSA) is 70.8 Å². The van der Waals surface area contributed by atoms with Gasteiger partial charge in [-0.15, -0.1) is 0 Å². The van der Waals surface area contributed by atoms with Crippen LogP contribution in [0.15, 0.2) is 12.1 Å². The summed E-state index contributed by atoms with van der Waals surface area (Å²) < 4.78 is 28.7. The number of halogens is 1. The number of carbonyl (C=O) groups excluding carboxylic acids is 1. The third-order valence-corrected chi connectivity index (χ3v) is 2.50. The second-order valence-corrected chi connectivity index (χ2v) is 3.87. The van der Waals surface area contributed by atoms with Crippen molar-refractivity contribution in [2.75, 3.05) is 25.6 Å². The molecule has 2 rings (SSSR count). The van der Waals surface area contributed by atoms with Gasteiger partial charge in [0.1, 0.15) is 6.10 Å². The third-order valence-electron chi connectivity index (χ3n) is 2.50. The maximum atomic E-state index is 13.6. The van der Waals surface area contributed by atoms with Crippen LogP contribution in [-0.4, -0.2) is 31.9 Å². The molecule has 1 fully saturated rings. The first-order valence-corrected chi connectivity index (χ1v) is 5.62. The minimum Gasteiger partial charge on any atom is -0.482 e. The fraction of sp³-hybridized carbons (Fsp3) is 0.417. The van der Waals surface area contributed by atoms with Crippen molar-refractivity contribution in [3.63, 3.8) is 0 Å². The summed E-state index contributed by atoms with van der Waals surface area (Å²) in [6.07, 6.45) is -0.182. The number of anilines is 1. The molecule has 0 spiro atoms. The van der Waals surface area contributed by atoms with Gasteiger partial charge in [-0.05, 0) is 13.0 Å². The molecule has 5 nitrogen and oxygen atoms in total. The normalized spacial score (nSPS) is 15.0. The Morgan fingerprint density at radius 1 is 1.56 bits per heavy atom. The number of hydrogen-bond acceptors (Lipinski definition) is 5. The smallest absolute Gasteiger partial charge is 0.340 e.